The fourth-order valence-corrected chi connectivity index (χ4v) is 2.86. The van der Waals surface area contributed by atoms with Crippen molar-refractivity contribution in [2.45, 2.75) is 0 Å². The van der Waals surface area contributed by atoms with Gasteiger partial charge in [-0.1, -0.05) is 5.16 Å². The minimum absolute atomic E-state index is 0.0130. The van der Waals surface area contributed by atoms with Gasteiger partial charge in [0.1, 0.15) is 5.75 Å². The molecule has 0 bridgehead atoms. The number of phenolic OH excluding ortho intramolecular Hbond substituents is 1. The van der Waals surface area contributed by atoms with Crippen molar-refractivity contribution < 1.29 is 19.8 Å². The van der Waals surface area contributed by atoms with E-state index in [1.165, 1.54) is 6.21 Å². The lowest BCUT2D eigenvalue weighted by Crippen LogP contribution is -1.96. The van der Waals surface area contributed by atoms with Crippen LogP contribution in [-0.4, -0.2) is 21.2 Å². The maximum atomic E-state index is 11.0. The molecule has 9 nitrogen and oxygen atoms in total. The molecule has 0 aliphatic heterocycles. The largest absolute Gasteiger partial charge is 0.506 e. The van der Waals surface area contributed by atoms with Crippen LogP contribution in [0.2, 0.25) is 0 Å². The van der Waals surface area contributed by atoms with Gasteiger partial charge in [0, 0.05) is 6.07 Å². The summed E-state index contributed by atoms with van der Waals surface area (Å²) in [5.74, 6) is -0.224. The molecule has 0 heterocycles. The highest BCUT2D eigenvalue weighted by molar-refractivity contribution is 9.11. The SMILES string of the molecule is O=[N+]([O-])c1ccc(ON=Cc2cc(Br)c(O)c(Br)c2)c([N+](=O)[O-])c1. The fraction of sp³-hybridized carbons (Fsp3) is 0. The minimum Gasteiger partial charge on any atom is -0.506 e. The van der Waals surface area contributed by atoms with E-state index < -0.39 is 21.2 Å². The molecular weight excluding hydrogens is 454 g/mol. The average Bonchev–Trinajstić information content (AvgIpc) is 2.52. The Morgan fingerprint density at radius 2 is 1.71 bits per heavy atom. The van der Waals surface area contributed by atoms with Gasteiger partial charge in [-0.05, 0) is 55.6 Å². The van der Waals surface area contributed by atoms with Crippen LogP contribution in [0.25, 0.3) is 0 Å². The Kier molecular flexibility index (Phi) is 5.46. The lowest BCUT2D eigenvalue weighted by molar-refractivity contribution is -0.394. The number of aromatic hydroxyl groups is 1. The van der Waals surface area contributed by atoms with Crippen LogP contribution in [0.1, 0.15) is 5.56 Å². The van der Waals surface area contributed by atoms with Gasteiger partial charge in [0.2, 0.25) is 5.75 Å². The van der Waals surface area contributed by atoms with E-state index in [1.54, 1.807) is 12.1 Å². The summed E-state index contributed by atoms with van der Waals surface area (Å²) in [4.78, 5) is 25.0. The molecule has 0 aliphatic carbocycles. The van der Waals surface area contributed by atoms with Crippen molar-refractivity contribution in [3.05, 3.63) is 65.1 Å². The minimum atomic E-state index is -0.800. The van der Waals surface area contributed by atoms with Crippen LogP contribution < -0.4 is 4.84 Å². The second-order valence-electron chi connectivity index (χ2n) is 4.33. The first kappa shape index (κ1) is 17.8. The van der Waals surface area contributed by atoms with Crippen molar-refractivity contribution in [2.75, 3.05) is 0 Å². The first-order valence-electron chi connectivity index (χ1n) is 6.11. The summed E-state index contributed by atoms with van der Waals surface area (Å²) in [6.45, 7) is 0. The van der Waals surface area contributed by atoms with Gasteiger partial charge in [-0.2, -0.15) is 0 Å². The van der Waals surface area contributed by atoms with E-state index in [-0.39, 0.29) is 11.5 Å². The number of non-ortho nitro benzene ring substituents is 1. The number of halogens is 2. The lowest BCUT2D eigenvalue weighted by Gasteiger charge is -2.02. The van der Waals surface area contributed by atoms with Crippen LogP contribution in [0.15, 0.2) is 44.4 Å². The summed E-state index contributed by atoms with van der Waals surface area (Å²) in [5.41, 5.74) is -0.463. The van der Waals surface area contributed by atoms with Gasteiger partial charge in [0.05, 0.1) is 31.1 Å². The lowest BCUT2D eigenvalue weighted by atomic mass is 10.2. The maximum Gasteiger partial charge on any atom is 0.321 e. The highest BCUT2D eigenvalue weighted by Gasteiger charge is 2.21. The molecule has 0 saturated carbocycles. The number of phenols is 1. The summed E-state index contributed by atoms with van der Waals surface area (Å²) in [6, 6.07) is 6.06. The maximum absolute atomic E-state index is 11.0. The normalized spacial score (nSPS) is 10.8. The van der Waals surface area contributed by atoms with Crippen molar-refractivity contribution >= 4 is 49.4 Å². The number of nitrogens with zero attached hydrogens (tertiary/aromatic N) is 3. The first-order chi connectivity index (χ1) is 11.3. The van der Waals surface area contributed by atoms with Crippen molar-refractivity contribution in [1.29, 1.82) is 0 Å². The molecule has 24 heavy (non-hydrogen) atoms. The Balaban J connectivity index is 2.25. The molecule has 0 unspecified atom stereocenters. The number of hydrogen-bond donors (Lipinski definition) is 1. The van der Waals surface area contributed by atoms with Gasteiger partial charge >= 0.3 is 5.69 Å². The third-order valence-corrected chi connectivity index (χ3v) is 3.95. The van der Waals surface area contributed by atoms with Gasteiger partial charge in [0.25, 0.3) is 5.69 Å². The van der Waals surface area contributed by atoms with E-state index >= 15 is 0 Å². The number of nitro benzene ring substituents is 2. The molecule has 1 N–H and O–H groups in total. The zero-order chi connectivity index (χ0) is 17.9. The van der Waals surface area contributed by atoms with Crippen molar-refractivity contribution in [3.63, 3.8) is 0 Å². The van der Waals surface area contributed by atoms with Crippen molar-refractivity contribution in [2.24, 2.45) is 5.16 Å². The third-order valence-electron chi connectivity index (χ3n) is 2.74. The summed E-state index contributed by atoms with van der Waals surface area (Å²) in [7, 11) is 0. The zero-order valence-electron chi connectivity index (χ0n) is 11.6. The molecule has 0 radical (unpaired) electrons. The topological polar surface area (TPSA) is 128 Å². The number of nitro groups is 2. The van der Waals surface area contributed by atoms with E-state index in [4.69, 9.17) is 4.84 Å². The molecule has 0 saturated heterocycles. The van der Waals surface area contributed by atoms with Gasteiger partial charge in [-0.15, -0.1) is 0 Å². The van der Waals surface area contributed by atoms with Gasteiger partial charge in [-0.25, -0.2) is 0 Å². The van der Waals surface area contributed by atoms with Crippen molar-refractivity contribution in [3.8, 4) is 11.5 Å². The van der Waals surface area contributed by atoms with E-state index in [9.17, 15) is 25.3 Å². The second kappa shape index (κ2) is 7.36. The fourth-order valence-electron chi connectivity index (χ4n) is 1.64. The van der Waals surface area contributed by atoms with Crippen LogP contribution in [0.5, 0.6) is 11.5 Å². The Labute approximate surface area is 151 Å². The van der Waals surface area contributed by atoms with Gasteiger partial charge in [0.15, 0.2) is 0 Å². The molecule has 0 aromatic heterocycles. The Bertz CT molecular complexity index is 833. The quantitative estimate of drug-likeness (QED) is 0.405. The molecule has 2 aromatic rings. The first-order valence-corrected chi connectivity index (χ1v) is 7.69. The summed E-state index contributed by atoms with van der Waals surface area (Å²) in [6.07, 6.45) is 1.26. The van der Waals surface area contributed by atoms with E-state index in [2.05, 4.69) is 37.0 Å². The molecule has 0 aliphatic rings. The predicted molar refractivity (Wildman–Crippen MR) is 91.5 cm³/mol. The Hall–Kier alpha value is -2.53. The molecule has 124 valence electrons. The van der Waals surface area contributed by atoms with Crippen LogP contribution in [-0.2, 0) is 0 Å². The molecule has 0 amide bonds. The van der Waals surface area contributed by atoms with E-state index in [0.29, 0.717) is 14.5 Å². The molecule has 2 aromatic carbocycles. The summed E-state index contributed by atoms with van der Waals surface area (Å²) >= 11 is 6.30. The third kappa shape index (κ3) is 4.06. The average molecular weight is 461 g/mol. The highest BCUT2D eigenvalue weighted by atomic mass is 79.9. The molecule has 0 atom stereocenters. The Morgan fingerprint density at radius 3 is 2.25 bits per heavy atom. The summed E-state index contributed by atoms with van der Waals surface area (Å²) < 4.78 is 0.833. The van der Waals surface area contributed by atoms with Crippen LogP contribution in [0.4, 0.5) is 11.4 Å². The predicted octanol–water partition coefficient (Wildman–Crippen LogP) is 4.15. The smallest absolute Gasteiger partial charge is 0.321 e. The molecule has 0 fully saturated rings. The molecular formula is C13H7Br2N3O6. The Morgan fingerprint density at radius 1 is 1.08 bits per heavy atom. The van der Waals surface area contributed by atoms with E-state index in [1.807, 2.05) is 0 Å². The summed E-state index contributed by atoms with van der Waals surface area (Å²) in [5, 5.41) is 34.8. The van der Waals surface area contributed by atoms with Crippen LogP contribution in [0, 0.1) is 20.2 Å². The number of rotatable bonds is 5. The van der Waals surface area contributed by atoms with E-state index in [0.717, 1.165) is 18.2 Å². The van der Waals surface area contributed by atoms with Gasteiger partial charge < -0.3 is 9.94 Å². The van der Waals surface area contributed by atoms with Gasteiger partial charge in [-0.3, -0.25) is 20.2 Å². The zero-order valence-corrected chi connectivity index (χ0v) is 14.7. The monoisotopic (exact) mass is 459 g/mol. The molecule has 0 spiro atoms. The number of benzene rings is 2. The second-order valence-corrected chi connectivity index (χ2v) is 6.03. The van der Waals surface area contributed by atoms with Crippen LogP contribution >= 0.6 is 31.9 Å². The molecule has 11 heteroatoms. The highest BCUT2D eigenvalue weighted by Crippen LogP contribution is 2.33. The molecule has 2 rings (SSSR count). The van der Waals surface area contributed by atoms with Crippen LogP contribution in [0.3, 0.4) is 0 Å². The van der Waals surface area contributed by atoms with Crippen molar-refractivity contribution in [1.82, 2.24) is 0 Å². The standard InChI is InChI=1S/C13H7Br2N3O6/c14-9-3-7(4-10(15)13(9)19)6-16-24-12-2-1-8(17(20)21)5-11(12)18(22)23/h1-6,19H. The number of hydrogen-bond acceptors (Lipinski definition) is 7. The number of oxime groups is 1.